The third-order valence-electron chi connectivity index (χ3n) is 4.00. The fourth-order valence-electron chi connectivity index (χ4n) is 2.61. The van der Waals surface area contributed by atoms with Crippen LogP contribution < -0.4 is 9.47 Å². The van der Waals surface area contributed by atoms with Crippen LogP contribution in [0.2, 0.25) is 10.0 Å². The van der Waals surface area contributed by atoms with Gasteiger partial charge in [0.25, 0.3) is 11.1 Å². The van der Waals surface area contributed by atoms with Crippen LogP contribution in [0.5, 0.6) is 17.2 Å². The molecule has 0 atom stereocenters. The van der Waals surface area contributed by atoms with E-state index in [1.165, 1.54) is 14.2 Å². The molecule has 0 saturated carbocycles. The number of methoxy groups -OCH3 is 2. The van der Waals surface area contributed by atoms with E-state index < -0.39 is 5.91 Å². The summed E-state index contributed by atoms with van der Waals surface area (Å²) < 4.78 is 10.2. The summed E-state index contributed by atoms with van der Waals surface area (Å²) in [6.45, 7) is 0.0844. The number of hydrogen-bond acceptors (Lipinski definition) is 6. The fourth-order valence-corrected chi connectivity index (χ4v) is 3.76. The zero-order valence-corrected chi connectivity index (χ0v) is 17.2. The van der Waals surface area contributed by atoms with Gasteiger partial charge in [0.05, 0.1) is 35.7 Å². The van der Waals surface area contributed by atoms with Crippen molar-refractivity contribution in [3.8, 4) is 17.2 Å². The number of hydrogen-bond donors (Lipinski definition) is 1. The first-order valence-corrected chi connectivity index (χ1v) is 9.55. The van der Waals surface area contributed by atoms with E-state index >= 15 is 0 Å². The van der Waals surface area contributed by atoms with Crippen molar-refractivity contribution in [1.29, 1.82) is 0 Å². The molecule has 1 N–H and O–H groups in total. The summed E-state index contributed by atoms with van der Waals surface area (Å²) >= 11 is 12.7. The van der Waals surface area contributed by atoms with Gasteiger partial charge in [-0.25, -0.2) is 0 Å². The first-order chi connectivity index (χ1) is 13.3. The number of imide groups is 1. The number of carbonyl (C=O) groups is 2. The Bertz CT molecular complexity index is 967. The lowest BCUT2D eigenvalue weighted by molar-refractivity contribution is -0.123. The molecule has 1 saturated heterocycles. The van der Waals surface area contributed by atoms with Gasteiger partial charge in [-0.05, 0) is 53.2 Å². The average Bonchev–Trinajstić information content (AvgIpc) is 2.93. The molecule has 0 spiro atoms. The maximum atomic E-state index is 12.7. The molecule has 2 aromatic rings. The third-order valence-corrected chi connectivity index (χ3v) is 5.64. The number of nitrogens with zero attached hydrogens (tertiary/aromatic N) is 1. The van der Waals surface area contributed by atoms with Gasteiger partial charge in [0.2, 0.25) is 5.75 Å². The van der Waals surface area contributed by atoms with Crippen LogP contribution in [0.25, 0.3) is 6.08 Å². The standard InChI is InChI=1S/C19H15Cl2NO5S/c1-26-14-6-11(7-15(27-2)17(14)23)8-16-18(24)22(19(25)28-16)9-10-3-4-12(20)13(21)5-10/h3-8,23H,9H2,1-2H3/b16-8+. The van der Waals surface area contributed by atoms with Gasteiger partial charge >= 0.3 is 0 Å². The maximum Gasteiger partial charge on any atom is 0.293 e. The molecule has 0 aromatic heterocycles. The molecule has 3 rings (SSSR count). The zero-order valence-electron chi connectivity index (χ0n) is 14.9. The highest BCUT2D eigenvalue weighted by Crippen LogP contribution is 2.39. The highest BCUT2D eigenvalue weighted by Gasteiger charge is 2.35. The summed E-state index contributed by atoms with van der Waals surface area (Å²) in [7, 11) is 2.81. The quantitative estimate of drug-likeness (QED) is 0.663. The van der Waals surface area contributed by atoms with Crippen LogP contribution in [0.4, 0.5) is 4.79 Å². The summed E-state index contributed by atoms with van der Waals surface area (Å²) in [5, 5.41) is 10.4. The van der Waals surface area contributed by atoms with Gasteiger partial charge in [0.15, 0.2) is 11.5 Å². The van der Waals surface area contributed by atoms with Gasteiger partial charge in [-0.15, -0.1) is 0 Å². The Kier molecular flexibility index (Phi) is 6.07. The Morgan fingerprint density at radius 1 is 1.07 bits per heavy atom. The Balaban J connectivity index is 1.87. The Morgan fingerprint density at radius 3 is 2.29 bits per heavy atom. The first kappa shape index (κ1) is 20.4. The highest BCUT2D eigenvalue weighted by atomic mass is 35.5. The van der Waals surface area contributed by atoms with Gasteiger partial charge in [-0.3, -0.25) is 14.5 Å². The molecule has 1 heterocycles. The van der Waals surface area contributed by atoms with Crippen LogP contribution >= 0.6 is 35.0 Å². The number of thioether (sulfide) groups is 1. The first-order valence-electron chi connectivity index (χ1n) is 7.98. The number of ether oxygens (including phenoxy) is 2. The second kappa shape index (κ2) is 8.34. The van der Waals surface area contributed by atoms with E-state index in [0.717, 1.165) is 16.7 Å². The van der Waals surface area contributed by atoms with E-state index in [4.69, 9.17) is 32.7 Å². The van der Waals surface area contributed by atoms with E-state index in [1.807, 2.05) is 0 Å². The minimum atomic E-state index is -0.424. The molecular formula is C19H15Cl2NO5S. The third kappa shape index (κ3) is 4.06. The largest absolute Gasteiger partial charge is 0.502 e. The van der Waals surface area contributed by atoms with E-state index in [0.29, 0.717) is 21.2 Å². The van der Waals surface area contributed by atoms with E-state index in [1.54, 1.807) is 36.4 Å². The Hall–Kier alpha value is -2.35. The van der Waals surface area contributed by atoms with Crippen LogP contribution in [0, 0.1) is 0 Å². The molecule has 0 unspecified atom stereocenters. The van der Waals surface area contributed by atoms with Crippen molar-refractivity contribution in [3.05, 3.63) is 56.4 Å². The van der Waals surface area contributed by atoms with Crippen LogP contribution in [0.1, 0.15) is 11.1 Å². The van der Waals surface area contributed by atoms with Gasteiger partial charge < -0.3 is 14.6 Å². The molecule has 1 fully saturated rings. The van der Waals surface area contributed by atoms with Crippen molar-refractivity contribution >= 4 is 52.2 Å². The lowest BCUT2D eigenvalue weighted by Gasteiger charge is -2.13. The molecule has 0 aliphatic carbocycles. The van der Waals surface area contributed by atoms with Crippen LogP contribution in [0.15, 0.2) is 35.2 Å². The minimum absolute atomic E-state index is 0.0844. The molecule has 28 heavy (non-hydrogen) atoms. The molecule has 2 amide bonds. The molecular weight excluding hydrogens is 425 g/mol. The summed E-state index contributed by atoms with van der Waals surface area (Å²) in [5.74, 6) is -0.178. The molecule has 1 aliphatic heterocycles. The smallest absolute Gasteiger partial charge is 0.293 e. The minimum Gasteiger partial charge on any atom is -0.502 e. The predicted molar refractivity (Wildman–Crippen MR) is 109 cm³/mol. The fraction of sp³-hybridized carbons (Fsp3) is 0.158. The highest BCUT2D eigenvalue weighted by molar-refractivity contribution is 8.18. The van der Waals surface area contributed by atoms with Crippen molar-refractivity contribution in [1.82, 2.24) is 4.90 Å². The average molecular weight is 440 g/mol. The lowest BCUT2D eigenvalue weighted by Crippen LogP contribution is -2.27. The lowest BCUT2D eigenvalue weighted by atomic mass is 10.1. The molecule has 9 heteroatoms. The number of phenols is 1. The van der Waals surface area contributed by atoms with Crippen molar-refractivity contribution in [2.75, 3.05) is 14.2 Å². The predicted octanol–water partition coefficient (Wildman–Crippen LogP) is 4.95. The number of phenolic OH excluding ortho intramolecular Hbond substituents is 1. The molecule has 6 nitrogen and oxygen atoms in total. The van der Waals surface area contributed by atoms with Gasteiger partial charge in [-0.1, -0.05) is 29.3 Å². The van der Waals surface area contributed by atoms with Crippen LogP contribution in [-0.2, 0) is 11.3 Å². The molecule has 0 bridgehead atoms. The van der Waals surface area contributed by atoms with Gasteiger partial charge in [-0.2, -0.15) is 0 Å². The SMILES string of the molecule is COc1cc(/C=C2/SC(=O)N(Cc3ccc(Cl)c(Cl)c3)C2=O)cc(OC)c1O. The molecule has 0 radical (unpaired) electrons. The van der Waals surface area contributed by atoms with Gasteiger partial charge in [0.1, 0.15) is 0 Å². The summed E-state index contributed by atoms with van der Waals surface area (Å²) in [6, 6.07) is 8.03. The Labute approximate surface area is 175 Å². The number of halogens is 2. The molecule has 1 aliphatic rings. The monoisotopic (exact) mass is 439 g/mol. The topological polar surface area (TPSA) is 76.1 Å². The van der Waals surface area contributed by atoms with Gasteiger partial charge in [0, 0.05) is 0 Å². The van der Waals surface area contributed by atoms with E-state index in [-0.39, 0.29) is 33.9 Å². The van der Waals surface area contributed by atoms with Crippen molar-refractivity contribution in [2.24, 2.45) is 0 Å². The van der Waals surface area contributed by atoms with Crippen molar-refractivity contribution < 1.29 is 24.2 Å². The number of benzene rings is 2. The normalized spacial score (nSPS) is 15.4. The van der Waals surface area contributed by atoms with Crippen molar-refractivity contribution in [3.63, 3.8) is 0 Å². The van der Waals surface area contributed by atoms with Crippen molar-refractivity contribution in [2.45, 2.75) is 6.54 Å². The molecule has 146 valence electrons. The zero-order chi connectivity index (χ0) is 20.4. The van der Waals surface area contributed by atoms with Crippen LogP contribution in [-0.4, -0.2) is 35.4 Å². The maximum absolute atomic E-state index is 12.7. The van der Waals surface area contributed by atoms with E-state index in [2.05, 4.69) is 0 Å². The second-order valence-electron chi connectivity index (χ2n) is 5.79. The summed E-state index contributed by atoms with van der Waals surface area (Å²) in [4.78, 5) is 26.4. The Morgan fingerprint density at radius 2 is 1.71 bits per heavy atom. The molecule has 2 aromatic carbocycles. The number of amides is 2. The summed E-state index contributed by atoms with van der Waals surface area (Å²) in [5.41, 5.74) is 1.23. The number of rotatable bonds is 5. The summed E-state index contributed by atoms with van der Waals surface area (Å²) in [6.07, 6.45) is 1.55. The van der Waals surface area contributed by atoms with Crippen LogP contribution in [0.3, 0.4) is 0 Å². The second-order valence-corrected chi connectivity index (χ2v) is 7.60. The number of carbonyl (C=O) groups excluding carboxylic acids is 2. The number of aromatic hydroxyl groups is 1. The van der Waals surface area contributed by atoms with E-state index in [9.17, 15) is 14.7 Å².